The van der Waals surface area contributed by atoms with Gasteiger partial charge in [0.25, 0.3) is 0 Å². The number of thioether (sulfide) groups is 1. The zero-order valence-corrected chi connectivity index (χ0v) is 17.4. The van der Waals surface area contributed by atoms with Gasteiger partial charge in [-0.15, -0.1) is 10.2 Å². The first-order valence-electron chi connectivity index (χ1n) is 9.23. The van der Waals surface area contributed by atoms with Crippen LogP contribution in [0.3, 0.4) is 0 Å². The summed E-state index contributed by atoms with van der Waals surface area (Å²) in [6.45, 7) is 6.13. The molecular weight excluding hydrogens is 368 g/mol. The van der Waals surface area contributed by atoms with Crippen LogP contribution in [0.4, 0.5) is 0 Å². The second kappa shape index (κ2) is 9.46. The summed E-state index contributed by atoms with van der Waals surface area (Å²) in [5.74, 6) is 2.57. The molecule has 5 nitrogen and oxygen atoms in total. The van der Waals surface area contributed by atoms with Crippen molar-refractivity contribution in [2.45, 2.75) is 30.7 Å². The number of hydrogen-bond acceptors (Lipinski definition) is 5. The predicted octanol–water partition coefficient (Wildman–Crippen LogP) is 4.54. The topological polar surface area (TPSA) is 52.0 Å². The Hall–Kier alpha value is -2.73. The molecular formula is C22H26N4OS. The quantitative estimate of drug-likeness (QED) is 0.540. The number of benzene rings is 2. The van der Waals surface area contributed by atoms with Crippen LogP contribution in [-0.2, 0) is 12.2 Å². The van der Waals surface area contributed by atoms with Crippen molar-refractivity contribution < 1.29 is 4.74 Å². The molecule has 0 amide bonds. The lowest BCUT2D eigenvalue weighted by atomic mass is 10.2. The summed E-state index contributed by atoms with van der Waals surface area (Å²) in [6.07, 6.45) is 1.57. The summed E-state index contributed by atoms with van der Waals surface area (Å²) >= 11 is 1.69. The Kier molecular flexibility index (Phi) is 6.76. The van der Waals surface area contributed by atoms with E-state index in [-0.39, 0.29) is 0 Å². The number of aryl methyl sites for hydroxylation is 2. The molecule has 6 heteroatoms. The van der Waals surface area contributed by atoms with E-state index in [0.717, 1.165) is 46.7 Å². The molecule has 1 heterocycles. The van der Waals surface area contributed by atoms with Crippen LogP contribution in [0.5, 0.6) is 5.75 Å². The number of rotatable bonds is 9. The van der Waals surface area contributed by atoms with E-state index in [4.69, 9.17) is 4.74 Å². The molecule has 1 N–H and O–H groups in total. The van der Waals surface area contributed by atoms with Crippen LogP contribution >= 0.6 is 11.8 Å². The zero-order valence-electron chi connectivity index (χ0n) is 16.6. The molecule has 0 aliphatic heterocycles. The van der Waals surface area contributed by atoms with Crippen molar-refractivity contribution in [1.82, 2.24) is 20.1 Å². The van der Waals surface area contributed by atoms with Crippen molar-refractivity contribution >= 4 is 11.8 Å². The molecule has 0 bridgehead atoms. The van der Waals surface area contributed by atoms with E-state index in [9.17, 15) is 0 Å². The summed E-state index contributed by atoms with van der Waals surface area (Å²) in [7, 11) is 3.56. The Balaban J connectivity index is 1.90. The van der Waals surface area contributed by atoms with Gasteiger partial charge < -0.3 is 10.1 Å². The van der Waals surface area contributed by atoms with Gasteiger partial charge in [-0.05, 0) is 31.0 Å². The Morgan fingerprint density at radius 1 is 1.18 bits per heavy atom. The molecule has 146 valence electrons. The fourth-order valence-electron chi connectivity index (χ4n) is 2.90. The fraction of sp³-hybridized carbons (Fsp3) is 0.273. The van der Waals surface area contributed by atoms with Crippen molar-refractivity contribution in [3.63, 3.8) is 0 Å². The van der Waals surface area contributed by atoms with Gasteiger partial charge in [-0.3, -0.25) is 4.57 Å². The second-order valence-electron chi connectivity index (χ2n) is 6.57. The summed E-state index contributed by atoms with van der Waals surface area (Å²) in [4.78, 5) is 0. The highest BCUT2D eigenvalue weighted by Gasteiger charge is 2.15. The summed E-state index contributed by atoms with van der Waals surface area (Å²) in [5, 5.41) is 12.9. The average Bonchev–Trinajstić information content (AvgIpc) is 3.13. The molecule has 3 aromatic rings. The van der Waals surface area contributed by atoms with Crippen LogP contribution in [-0.4, -0.2) is 28.9 Å². The zero-order chi connectivity index (χ0) is 19.9. The molecule has 0 fully saturated rings. The summed E-state index contributed by atoms with van der Waals surface area (Å²) in [5.41, 5.74) is 4.52. The molecule has 1 aromatic heterocycles. The maximum absolute atomic E-state index is 5.41. The minimum absolute atomic E-state index is 0.759. The SMILES string of the molecule is C=C(CCc1nnc(SCc2cccc(C)c2)n1-c1cccc(OC)c1)NC. The van der Waals surface area contributed by atoms with Crippen molar-refractivity contribution in [3.05, 3.63) is 77.8 Å². The lowest BCUT2D eigenvalue weighted by Gasteiger charge is -2.12. The van der Waals surface area contributed by atoms with Crippen molar-refractivity contribution in [3.8, 4) is 11.4 Å². The number of allylic oxidation sites excluding steroid dienone is 1. The molecule has 0 saturated carbocycles. The smallest absolute Gasteiger partial charge is 0.196 e. The van der Waals surface area contributed by atoms with E-state index in [1.807, 2.05) is 25.2 Å². The Bertz CT molecular complexity index is 951. The molecule has 0 aliphatic rings. The van der Waals surface area contributed by atoms with E-state index in [0.29, 0.717) is 0 Å². The van der Waals surface area contributed by atoms with Gasteiger partial charge in [0.15, 0.2) is 5.16 Å². The molecule has 0 atom stereocenters. The lowest BCUT2D eigenvalue weighted by Crippen LogP contribution is -2.08. The lowest BCUT2D eigenvalue weighted by molar-refractivity contribution is 0.414. The normalized spacial score (nSPS) is 10.7. The molecule has 0 unspecified atom stereocenters. The van der Waals surface area contributed by atoms with E-state index in [1.54, 1.807) is 18.9 Å². The minimum Gasteiger partial charge on any atom is -0.497 e. The first-order chi connectivity index (χ1) is 13.6. The first-order valence-corrected chi connectivity index (χ1v) is 10.2. The Morgan fingerprint density at radius 2 is 2.00 bits per heavy atom. The number of hydrogen-bond donors (Lipinski definition) is 1. The van der Waals surface area contributed by atoms with Gasteiger partial charge in [0.05, 0.1) is 12.8 Å². The molecule has 2 aromatic carbocycles. The van der Waals surface area contributed by atoms with E-state index >= 15 is 0 Å². The predicted molar refractivity (Wildman–Crippen MR) is 115 cm³/mol. The van der Waals surface area contributed by atoms with Gasteiger partial charge in [0.1, 0.15) is 11.6 Å². The highest BCUT2D eigenvalue weighted by Crippen LogP contribution is 2.27. The van der Waals surface area contributed by atoms with Crippen molar-refractivity contribution in [2.24, 2.45) is 0 Å². The second-order valence-corrected chi connectivity index (χ2v) is 7.51. The maximum Gasteiger partial charge on any atom is 0.196 e. The molecule has 0 radical (unpaired) electrons. The van der Waals surface area contributed by atoms with E-state index < -0.39 is 0 Å². The minimum atomic E-state index is 0.759. The number of ether oxygens (including phenoxy) is 1. The molecule has 28 heavy (non-hydrogen) atoms. The summed E-state index contributed by atoms with van der Waals surface area (Å²) < 4.78 is 7.52. The number of nitrogens with one attached hydrogen (secondary N) is 1. The highest BCUT2D eigenvalue weighted by molar-refractivity contribution is 7.98. The molecule has 0 saturated heterocycles. The number of aromatic nitrogens is 3. The van der Waals surface area contributed by atoms with Gasteiger partial charge in [-0.2, -0.15) is 0 Å². The van der Waals surface area contributed by atoms with Crippen LogP contribution in [0.1, 0.15) is 23.4 Å². The maximum atomic E-state index is 5.41. The largest absolute Gasteiger partial charge is 0.497 e. The molecule has 3 rings (SSSR count). The standard InChI is InChI=1S/C22H26N4OS/c1-16-7-5-8-18(13-16)15-28-22-25-24-21(12-11-17(2)23-3)26(22)19-9-6-10-20(14-19)27-4/h5-10,13-14,23H,2,11-12,15H2,1,3-4H3. The van der Waals surface area contributed by atoms with Crippen LogP contribution in [0.15, 0.2) is 66.0 Å². The third kappa shape index (κ3) is 4.95. The highest BCUT2D eigenvalue weighted by atomic mass is 32.2. The van der Waals surface area contributed by atoms with Gasteiger partial charge in [0.2, 0.25) is 0 Å². The van der Waals surface area contributed by atoms with Crippen LogP contribution in [0, 0.1) is 6.92 Å². The average molecular weight is 395 g/mol. The van der Waals surface area contributed by atoms with Gasteiger partial charge >= 0.3 is 0 Å². The van der Waals surface area contributed by atoms with Gasteiger partial charge in [0, 0.05) is 31.0 Å². The van der Waals surface area contributed by atoms with Crippen LogP contribution < -0.4 is 10.1 Å². The van der Waals surface area contributed by atoms with E-state index in [1.165, 1.54) is 11.1 Å². The first kappa shape index (κ1) is 20.0. The Morgan fingerprint density at radius 3 is 2.75 bits per heavy atom. The number of methoxy groups -OCH3 is 1. The van der Waals surface area contributed by atoms with E-state index in [2.05, 4.69) is 63.9 Å². The monoisotopic (exact) mass is 394 g/mol. The number of nitrogens with zero attached hydrogens (tertiary/aromatic N) is 3. The van der Waals surface area contributed by atoms with Gasteiger partial charge in [-0.1, -0.05) is 54.2 Å². The Labute approximate surface area is 170 Å². The third-order valence-electron chi connectivity index (χ3n) is 4.47. The third-order valence-corrected chi connectivity index (χ3v) is 5.47. The fourth-order valence-corrected chi connectivity index (χ4v) is 3.82. The van der Waals surface area contributed by atoms with Crippen molar-refractivity contribution in [2.75, 3.05) is 14.2 Å². The molecule has 0 spiro atoms. The van der Waals surface area contributed by atoms with Gasteiger partial charge in [-0.25, -0.2) is 0 Å². The van der Waals surface area contributed by atoms with Crippen LogP contribution in [0.25, 0.3) is 5.69 Å². The molecule has 0 aliphatic carbocycles. The van der Waals surface area contributed by atoms with Crippen LogP contribution in [0.2, 0.25) is 0 Å². The summed E-state index contributed by atoms with van der Waals surface area (Å²) in [6, 6.07) is 16.5. The van der Waals surface area contributed by atoms with Crippen molar-refractivity contribution in [1.29, 1.82) is 0 Å².